The fourth-order valence-corrected chi connectivity index (χ4v) is 3.93. The van der Waals surface area contributed by atoms with Gasteiger partial charge in [-0.05, 0) is 68.8 Å². The monoisotopic (exact) mass is 460 g/mol. The molecular weight excluding hydrogens is 432 g/mol. The van der Waals surface area contributed by atoms with E-state index < -0.39 is 17.4 Å². The standard InChI is InChI=1S/C27H28N2O5/c1-17-7-12-21-23(16-27(2,3)34-24(21)14-17)29-26(31)22(15-20-6-5-13-33-20)28-25(30)18-8-10-19(32-4)11-9-18/h5-15,23H,16H2,1-4H3,(H,28,30)(H,29,31)/b22-15-/t23-/m1/s1. The minimum absolute atomic E-state index is 0.0775. The first-order chi connectivity index (χ1) is 16.2. The van der Waals surface area contributed by atoms with Crippen molar-refractivity contribution >= 4 is 17.9 Å². The summed E-state index contributed by atoms with van der Waals surface area (Å²) in [5.74, 6) is 0.993. The Morgan fingerprint density at radius 3 is 2.56 bits per heavy atom. The summed E-state index contributed by atoms with van der Waals surface area (Å²) in [6.07, 6.45) is 3.60. The van der Waals surface area contributed by atoms with Gasteiger partial charge < -0.3 is 24.5 Å². The van der Waals surface area contributed by atoms with Gasteiger partial charge in [0.05, 0.1) is 19.4 Å². The molecular formula is C27H28N2O5. The second-order valence-corrected chi connectivity index (χ2v) is 8.89. The van der Waals surface area contributed by atoms with Crippen LogP contribution in [-0.4, -0.2) is 24.5 Å². The van der Waals surface area contributed by atoms with Crippen molar-refractivity contribution in [2.24, 2.45) is 0 Å². The Bertz CT molecular complexity index is 1210. The molecule has 0 aliphatic carbocycles. The lowest BCUT2D eigenvalue weighted by Gasteiger charge is -2.38. The lowest BCUT2D eigenvalue weighted by Crippen LogP contribution is -2.43. The quantitative estimate of drug-likeness (QED) is 0.517. The van der Waals surface area contributed by atoms with Gasteiger partial charge in [-0.15, -0.1) is 0 Å². The van der Waals surface area contributed by atoms with Crippen LogP contribution < -0.4 is 20.1 Å². The van der Waals surface area contributed by atoms with Crippen LogP contribution in [0.3, 0.4) is 0 Å². The third kappa shape index (κ3) is 5.31. The van der Waals surface area contributed by atoms with Gasteiger partial charge in [-0.25, -0.2) is 0 Å². The van der Waals surface area contributed by atoms with Crippen molar-refractivity contribution in [1.82, 2.24) is 10.6 Å². The molecule has 1 aliphatic heterocycles. The van der Waals surface area contributed by atoms with Crippen molar-refractivity contribution in [3.63, 3.8) is 0 Å². The number of amides is 2. The van der Waals surface area contributed by atoms with Gasteiger partial charge in [0.2, 0.25) is 0 Å². The van der Waals surface area contributed by atoms with E-state index in [9.17, 15) is 9.59 Å². The molecule has 1 atom stereocenters. The van der Waals surface area contributed by atoms with E-state index in [1.807, 2.05) is 39.0 Å². The number of aryl methyl sites for hydroxylation is 1. The van der Waals surface area contributed by atoms with Crippen LogP contribution in [0.15, 0.2) is 71.0 Å². The summed E-state index contributed by atoms with van der Waals surface area (Å²) >= 11 is 0. The fraction of sp³-hybridized carbons (Fsp3) is 0.259. The Morgan fingerprint density at radius 1 is 1.12 bits per heavy atom. The first-order valence-corrected chi connectivity index (χ1v) is 11.0. The van der Waals surface area contributed by atoms with E-state index in [4.69, 9.17) is 13.9 Å². The molecule has 0 radical (unpaired) electrons. The summed E-state index contributed by atoms with van der Waals surface area (Å²) in [5, 5.41) is 5.80. The third-order valence-corrected chi connectivity index (χ3v) is 5.61. The van der Waals surface area contributed by atoms with Crippen LogP contribution in [0.1, 0.15) is 53.6 Å². The molecule has 2 heterocycles. The van der Waals surface area contributed by atoms with Crippen LogP contribution in [0, 0.1) is 6.92 Å². The highest BCUT2D eigenvalue weighted by molar-refractivity contribution is 6.05. The SMILES string of the molecule is COc1ccc(C(=O)N/C(=C\c2ccco2)C(=O)N[C@@H]2CC(C)(C)Oc3cc(C)ccc32)cc1. The predicted octanol–water partition coefficient (Wildman–Crippen LogP) is 4.79. The summed E-state index contributed by atoms with van der Waals surface area (Å²) in [4.78, 5) is 26.3. The zero-order chi connectivity index (χ0) is 24.3. The maximum atomic E-state index is 13.4. The van der Waals surface area contributed by atoms with Crippen LogP contribution in [-0.2, 0) is 4.79 Å². The Hall–Kier alpha value is -4.00. The highest BCUT2D eigenvalue weighted by atomic mass is 16.5. The first-order valence-electron chi connectivity index (χ1n) is 11.0. The second-order valence-electron chi connectivity index (χ2n) is 8.89. The highest BCUT2D eigenvalue weighted by Crippen LogP contribution is 2.40. The van der Waals surface area contributed by atoms with Gasteiger partial charge in [-0.2, -0.15) is 0 Å². The lowest BCUT2D eigenvalue weighted by molar-refractivity contribution is -0.119. The number of methoxy groups -OCH3 is 1. The summed E-state index contributed by atoms with van der Waals surface area (Å²) in [6.45, 7) is 5.97. The maximum absolute atomic E-state index is 13.4. The van der Waals surface area contributed by atoms with Crippen molar-refractivity contribution in [3.05, 3.63) is 89.0 Å². The second kappa shape index (κ2) is 9.47. The normalized spacial score (nSPS) is 16.7. The van der Waals surface area contributed by atoms with E-state index in [1.165, 1.54) is 12.3 Å². The Morgan fingerprint density at radius 2 is 1.88 bits per heavy atom. The van der Waals surface area contributed by atoms with Gasteiger partial charge in [0, 0.05) is 23.6 Å². The Kier molecular flexibility index (Phi) is 6.45. The van der Waals surface area contributed by atoms with Crippen LogP contribution in [0.25, 0.3) is 6.08 Å². The van der Waals surface area contributed by atoms with Crippen LogP contribution in [0.5, 0.6) is 11.5 Å². The smallest absolute Gasteiger partial charge is 0.268 e. The zero-order valence-corrected chi connectivity index (χ0v) is 19.7. The lowest BCUT2D eigenvalue weighted by atomic mass is 9.89. The summed E-state index contributed by atoms with van der Waals surface area (Å²) in [5.41, 5.74) is 1.99. The van der Waals surface area contributed by atoms with Crippen molar-refractivity contribution in [2.45, 2.75) is 38.8 Å². The Labute approximate surface area is 198 Å². The molecule has 0 spiro atoms. The van der Waals surface area contributed by atoms with E-state index in [0.29, 0.717) is 23.5 Å². The minimum atomic E-state index is -0.462. The summed E-state index contributed by atoms with van der Waals surface area (Å²) in [7, 11) is 1.56. The topological polar surface area (TPSA) is 89.8 Å². The molecule has 0 fully saturated rings. The van der Waals surface area contributed by atoms with Crippen molar-refractivity contribution in [2.75, 3.05) is 7.11 Å². The fourth-order valence-electron chi connectivity index (χ4n) is 3.93. The minimum Gasteiger partial charge on any atom is -0.497 e. The van der Waals surface area contributed by atoms with E-state index in [0.717, 1.165) is 16.9 Å². The van der Waals surface area contributed by atoms with Crippen molar-refractivity contribution in [3.8, 4) is 11.5 Å². The number of furan rings is 1. The number of ether oxygens (including phenoxy) is 2. The van der Waals surface area contributed by atoms with Gasteiger partial charge in [-0.3, -0.25) is 9.59 Å². The van der Waals surface area contributed by atoms with Crippen molar-refractivity contribution in [1.29, 1.82) is 0 Å². The Balaban J connectivity index is 1.60. The van der Waals surface area contributed by atoms with Crippen LogP contribution >= 0.6 is 0 Å². The molecule has 3 aromatic rings. The molecule has 1 aromatic heterocycles. The maximum Gasteiger partial charge on any atom is 0.268 e. The molecule has 2 N–H and O–H groups in total. The number of hydrogen-bond donors (Lipinski definition) is 2. The molecule has 2 amide bonds. The molecule has 2 aromatic carbocycles. The molecule has 0 saturated heterocycles. The van der Waals surface area contributed by atoms with E-state index in [2.05, 4.69) is 10.6 Å². The molecule has 1 aliphatic rings. The van der Waals surface area contributed by atoms with E-state index >= 15 is 0 Å². The summed E-state index contributed by atoms with van der Waals surface area (Å²) in [6, 6.07) is 15.7. The molecule has 4 rings (SSSR count). The number of rotatable bonds is 6. The zero-order valence-electron chi connectivity index (χ0n) is 19.7. The van der Waals surface area contributed by atoms with Gasteiger partial charge >= 0.3 is 0 Å². The number of carbonyl (C=O) groups excluding carboxylic acids is 2. The van der Waals surface area contributed by atoms with Gasteiger partial charge in [0.1, 0.15) is 28.6 Å². The van der Waals surface area contributed by atoms with E-state index in [-0.39, 0.29) is 11.7 Å². The predicted molar refractivity (Wildman–Crippen MR) is 129 cm³/mol. The summed E-state index contributed by atoms with van der Waals surface area (Å²) < 4.78 is 16.7. The number of carbonyl (C=O) groups is 2. The third-order valence-electron chi connectivity index (χ3n) is 5.61. The number of hydrogen-bond acceptors (Lipinski definition) is 5. The molecule has 0 bridgehead atoms. The van der Waals surface area contributed by atoms with Crippen LogP contribution in [0.4, 0.5) is 0 Å². The molecule has 0 unspecified atom stereocenters. The largest absolute Gasteiger partial charge is 0.497 e. The first kappa shape index (κ1) is 23.2. The van der Waals surface area contributed by atoms with Gasteiger partial charge in [-0.1, -0.05) is 12.1 Å². The average Bonchev–Trinajstić information content (AvgIpc) is 3.30. The molecule has 7 nitrogen and oxygen atoms in total. The van der Waals surface area contributed by atoms with Crippen LogP contribution in [0.2, 0.25) is 0 Å². The number of nitrogens with one attached hydrogen (secondary N) is 2. The number of fused-ring (bicyclic) bond motifs is 1. The van der Waals surface area contributed by atoms with Crippen molar-refractivity contribution < 1.29 is 23.5 Å². The molecule has 176 valence electrons. The highest BCUT2D eigenvalue weighted by Gasteiger charge is 2.35. The molecule has 7 heteroatoms. The van der Waals surface area contributed by atoms with Gasteiger partial charge in [0.25, 0.3) is 11.8 Å². The molecule has 34 heavy (non-hydrogen) atoms. The average molecular weight is 461 g/mol. The van der Waals surface area contributed by atoms with E-state index in [1.54, 1.807) is 43.5 Å². The molecule has 0 saturated carbocycles. The number of benzene rings is 2. The van der Waals surface area contributed by atoms with Gasteiger partial charge in [0.15, 0.2) is 0 Å².